The molecular formula is C10H16OS. The van der Waals surface area contributed by atoms with E-state index in [1.165, 1.54) is 4.91 Å². The monoisotopic (exact) mass is 184 g/mol. The van der Waals surface area contributed by atoms with Gasteiger partial charge in [-0.05, 0) is 30.7 Å². The van der Waals surface area contributed by atoms with Crippen LogP contribution in [0.5, 0.6) is 0 Å². The summed E-state index contributed by atoms with van der Waals surface area (Å²) in [6, 6.07) is 0. The number of rotatable bonds is 1. The van der Waals surface area contributed by atoms with E-state index < -0.39 is 0 Å². The summed E-state index contributed by atoms with van der Waals surface area (Å²) < 4.78 is 0.103. The zero-order valence-corrected chi connectivity index (χ0v) is 8.99. The normalized spacial score (nSPS) is 22.8. The van der Waals surface area contributed by atoms with E-state index in [0.29, 0.717) is 12.3 Å². The van der Waals surface area contributed by atoms with Crippen LogP contribution in [0.15, 0.2) is 11.0 Å². The quantitative estimate of drug-likeness (QED) is 0.623. The fourth-order valence-electron chi connectivity index (χ4n) is 1.30. The third-order valence-electron chi connectivity index (χ3n) is 1.87. The molecule has 0 aromatic carbocycles. The molecule has 12 heavy (non-hydrogen) atoms. The van der Waals surface area contributed by atoms with Crippen LogP contribution < -0.4 is 0 Å². The first-order chi connectivity index (χ1) is 5.41. The van der Waals surface area contributed by atoms with Gasteiger partial charge < -0.3 is 0 Å². The van der Waals surface area contributed by atoms with Gasteiger partial charge in [0.25, 0.3) is 0 Å². The Bertz CT molecular complexity index is 226. The molecule has 0 fully saturated rings. The van der Waals surface area contributed by atoms with E-state index in [4.69, 9.17) is 0 Å². The van der Waals surface area contributed by atoms with Crippen molar-refractivity contribution >= 4 is 17.5 Å². The van der Waals surface area contributed by atoms with Crippen molar-refractivity contribution in [3.8, 4) is 0 Å². The van der Waals surface area contributed by atoms with Gasteiger partial charge in [0.15, 0.2) is 5.78 Å². The van der Waals surface area contributed by atoms with Crippen LogP contribution in [0.25, 0.3) is 0 Å². The summed E-state index contributed by atoms with van der Waals surface area (Å²) >= 11 is 1.84. The lowest BCUT2D eigenvalue weighted by Gasteiger charge is -2.29. The van der Waals surface area contributed by atoms with E-state index in [2.05, 4.69) is 27.7 Å². The molecule has 0 atom stereocenters. The molecule has 0 amide bonds. The maximum absolute atomic E-state index is 11.3. The fraction of sp³-hybridized carbons (Fsp3) is 0.700. The molecule has 1 nitrogen and oxygen atoms in total. The number of allylic oxidation sites excluding steroid dienone is 2. The number of ketones is 1. The van der Waals surface area contributed by atoms with E-state index in [-0.39, 0.29) is 10.5 Å². The lowest BCUT2D eigenvalue weighted by molar-refractivity contribution is -0.115. The first-order valence-electron chi connectivity index (χ1n) is 4.34. The molecule has 0 aliphatic carbocycles. The third kappa shape index (κ3) is 2.37. The smallest absolute Gasteiger partial charge is 0.157 e. The molecular weight excluding hydrogens is 168 g/mol. The van der Waals surface area contributed by atoms with Crippen molar-refractivity contribution in [2.24, 2.45) is 5.92 Å². The minimum Gasteiger partial charge on any atom is -0.295 e. The maximum atomic E-state index is 11.3. The van der Waals surface area contributed by atoms with Crippen LogP contribution in [-0.4, -0.2) is 10.5 Å². The highest BCUT2D eigenvalue weighted by molar-refractivity contribution is 8.04. The molecule has 1 heterocycles. The molecule has 0 unspecified atom stereocenters. The van der Waals surface area contributed by atoms with Crippen LogP contribution in [0.2, 0.25) is 0 Å². The summed E-state index contributed by atoms with van der Waals surface area (Å²) in [5.41, 5.74) is 0. The average molecular weight is 184 g/mol. The molecule has 0 radical (unpaired) electrons. The molecule has 0 saturated carbocycles. The lowest BCUT2D eigenvalue weighted by Crippen LogP contribution is -2.24. The second kappa shape index (κ2) is 3.25. The molecule has 1 aliphatic heterocycles. The summed E-state index contributed by atoms with van der Waals surface area (Å²) in [7, 11) is 0. The summed E-state index contributed by atoms with van der Waals surface area (Å²) in [5.74, 6) is 0.765. The lowest BCUT2D eigenvalue weighted by atomic mass is 10.0. The van der Waals surface area contributed by atoms with Crippen LogP contribution in [0.1, 0.15) is 34.1 Å². The molecule has 0 aromatic rings. The molecule has 0 bridgehead atoms. The van der Waals surface area contributed by atoms with Gasteiger partial charge in [0.2, 0.25) is 0 Å². The highest BCUT2D eigenvalue weighted by Crippen LogP contribution is 2.41. The number of carbonyl (C=O) groups excluding carboxylic acids is 1. The molecule has 0 saturated heterocycles. The topological polar surface area (TPSA) is 17.1 Å². The molecule has 1 aliphatic rings. The predicted octanol–water partition coefficient (Wildman–Crippen LogP) is 3.01. The van der Waals surface area contributed by atoms with Crippen LogP contribution >= 0.6 is 11.8 Å². The van der Waals surface area contributed by atoms with Crippen molar-refractivity contribution in [1.29, 1.82) is 0 Å². The van der Waals surface area contributed by atoms with E-state index in [1.807, 2.05) is 11.8 Å². The van der Waals surface area contributed by atoms with Crippen molar-refractivity contribution < 1.29 is 4.79 Å². The fourth-order valence-corrected chi connectivity index (χ4v) is 2.58. The van der Waals surface area contributed by atoms with Crippen LogP contribution in [-0.2, 0) is 4.79 Å². The largest absolute Gasteiger partial charge is 0.295 e. The number of hydrogen-bond acceptors (Lipinski definition) is 2. The highest BCUT2D eigenvalue weighted by Gasteiger charge is 2.28. The Morgan fingerprint density at radius 3 is 2.50 bits per heavy atom. The first-order valence-corrected chi connectivity index (χ1v) is 5.16. The maximum Gasteiger partial charge on any atom is 0.157 e. The Balaban J connectivity index is 2.84. The van der Waals surface area contributed by atoms with Gasteiger partial charge >= 0.3 is 0 Å². The zero-order valence-electron chi connectivity index (χ0n) is 8.18. The van der Waals surface area contributed by atoms with Gasteiger partial charge in [-0.3, -0.25) is 4.79 Å². The first kappa shape index (κ1) is 9.85. The predicted molar refractivity (Wildman–Crippen MR) is 54.2 cm³/mol. The van der Waals surface area contributed by atoms with Crippen LogP contribution in [0, 0.1) is 5.92 Å². The van der Waals surface area contributed by atoms with Crippen molar-refractivity contribution in [1.82, 2.24) is 0 Å². The Hall–Kier alpha value is -0.240. The second-order valence-corrected chi connectivity index (χ2v) is 5.99. The van der Waals surface area contributed by atoms with Crippen LogP contribution in [0.4, 0.5) is 0 Å². The summed E-state index contributed by atoms with van der Waals surface area (Å²) in [6.07, 6.45) is 2.48. The Labute approximate surface area is 78.6 Å². The summed E-state index contributed by atoms with van der Waals surface area (Å²) in [5, 5.41) is 0. The minimum atomic E-state index is 0.103. The minimum absolute atomic E-state index is 0.103. The van der Waals surface area contributed by atoms with Gasteiger partial charge in [-0.1, -0.05) is 13.8 Å². The molecule has 2 heteroatoms. The molecule has 0 N–H and O–H groups in total. The molecule has 68 valence electrons. The number of carbonyl (C=O) groups is 1. The van der Waals surface area contributed by atoms with Gasteiger partial charge in [0.05, 0.1) is 0 Å². The van der Waals surface area contributed by atoms with Gasteiger partial charge in [0, 0.05) is 11.2 Å². The van der Waals surface area contributed by atoms with Gasteiger partial charge in [-0.2, -0.15) is 0 Å². The Morgan fingerprint density at radius 2 is 2.08 bits per heavy atom. The van der Waals surface area contributed by atoms with Gasteiger partial charge in [0.1, 0.15) is 0 Å². The van der Waals surface area contributed by atoms with Gasteiger partial charge in [-0.25, -0.2) is 0 Å². The molecule has 0 aromatic heterocycles. The van der Waals surface area contributed by atoms with Crippen LogP contribution in [0.3, 0.4) is 0 Å². The van der Waals surface area contributed by atoms with Crippen molar-refractivity contribution in [3.63, 3.8) is 0 Å². The van der Waals surface area contributed by atoms with E-state index in [9.17, 15) is 4.79 Å². The summed E-state index contributed by atoms with van der Waals surface area (Å²) in [6.45, 7) is 8.52. The molecule has 0 spiro atoms. The number of thioether (sulfide) groups is 1. The van der Waals surface area contributed by atoms with Crippen molar-refractivity contribution in [2.75, 3.05) is 0 Å². The zero-order chi connectivity index (χ0) is 9.35. The Kier molecular flexibility index (Phi) is 2.67. The van der Waals surface area contributed by atoms with E-state index >= 15 is 0 Å². The highest BCUT2D eigenvalue weighted by atomic mass is 32.2. The molecule has 1 rings (SSSR count). The van der Waals surface area contributed by atoms with E-state index in [1.54, 1.807) is 6.08 Å². The van der Waals surface area contributed by atoms with Gasteiger partial charge in [-0.15, -0.1) is 11.8 Å². The average Bonchev–Trinajstić information content (AvgIpc) is 1.82. The van der Waals surface area contributed by atoms with Crippen molar-refractivity contribution in [3.05, 3.63) is 11.0 Å². The SMILES string of the molecule is CC(C)C1=CC(=O)CC(C)(C)S1. The second-order valence-electron chi connectivity index (χ2n) is 4.21. The standard InChI is InChI=1S/C10H16OS/c1-7(2)9-5-8(11)6-10(3,4)12-9/h5,7H,6H2,1-4H3. The van der Waals surface area contributed by atoms with E-state index in [0.717, 1.165) is 0 Å². The summed E-state index contributed by atoms with van der Waals surface area (Å²) in [4.78, 5) is 12.5. The van der Waals surface area contributed by atoms with Crippen molar-refractivity contribution in [2.45, 2.75) is 38.9 Å². The number of hydrogen-bond donors (Lipinski definition) is 0. The Morgan fingerprint density at radius 1 is 1.50 bits per heavy atom. The third-order valence-corrected chi connectivity index (χ3v) is 3.39.